The van der Waals surface area contributed by atoms with E-state index in [1.165, 1.54) is 20.2 Å². The maximum Gasteiger partial charge on any atom is 0.263 e. The minimum absolute atomic E-state index is 0.352. The molecular weight excluding hydrogens is 356 g/mol. The Balaban J connectivity index is 2.16. The van der Waals surface area contributed by atoms with Gasteiger partial charge in [-0.3, -0.25) is 14.1 Å². The first-order chi connectivity index (χ1) is 12.3. The van der Waals surface area contributed by atoms with Gasteiger partial charge in [-0.2, -0.15) is 5.10 Å². The third-order valence-corrected chi connectivity index (χ3v) is 4.72. The Morgan fingerprint density at radius 2 is 1.96 bits per heavy atom. The summed E-state index contributed by atoms with van der Waals surface area (Å²) < 4.78 is 30.5. The predicted molar refractivity (Wildman–Crippen MR) is 99.8 cm³/mol. The molecule has 1 aromatic heterocycles. The number of aromatic nitrogens is 1. The first-order valence-corrected chi connectivity index (χ1v) is 9.55. The normalized spacial score (nSPS) is 12.6. The summed E-state index contributed by atoms with van der Waals surface area (Å²) in [7, 11) is -2.18. The minimum atomic E-state index is -3.69. The summed E-state index contributed by atoms with van der Waals surface area (Å²) in [5.74, 6) is 0.0118. The van der Waals surface area contributed by atoms with Gasteiger partial charge in [-0.05, 0) is 43.3 Å². The van der Waals surface area contributed by atoms with Gasteiger partial charge in [-0.15, -0.1) is 0 Å². The molecule has 0 spiro atoms. The van der Waals surface area contributed by atoms with Crippen molar-refractivity contribution in [3.05, 3.63) is 54.4 Å². The van der Waals surface area contributed by atoms with Crippen LogP contribution in [0.1, 0.15) is 12.6 Å². The van der Waals surface area contributed by atoms with Crippen molar-refractivity contribution in [2.24, 2.45) is 5.10 Å². The summed E-state index contributed by atoms with van der Waals surface area (Å²) in [6.07, 6.45) is 4.02. The number of nitrogens with one attached hydrogen (secondary N) is 1. The molecule has 2 aromatic rings. The monoisotopic (exact) mass is 376 g/mol. The van der Waals surface area contributed by atoms with E-state index in [4.69, 9.17) is 4.74 Å². The molecule has 138 valence electrons. The predicted octanol–water partition coefficient (Wildman–Crippen LogP) is 1.39. The van der Waals surface area contributed by atoms with Gasteiger partial charge in [0.25, 0.3) is 5.91 Å². The summed E-state index contributed by atoms with van der Waals surface area (Å²) in [6, 6.07) is 10.7. The lowest BCUT2D eigenvalue weighted by Crippen LogP contribution is -2.46. The van der Waals surface area contributed by atoms with Crippen molar-refractivity contribution in [3.8, 4) is 5.75 Å². The van der Waals surface area contributed by atoms with E-state index in [1.54, 1.807) is 48.7 Å². The van der Waals surface area contributed by atoms with Crippen LogP contribution in [0.4, 0.5) is 5.69 Å². The Bertz CT molecular complexity index is 867. The molecule has 1 N–H and O–H groups in total. The zero-order valence-corrected chi connectivity index (χ0v) is 15.5. The number of ether oxygens (including phenoxy) is 1. The lowest BCUT2D eigenvalue weighted by molar-refractivity contribution is -0.121. The first-order valence-electron chi connectivity index (χ1n) is 7.70. The molecule has 9 heteroatoms. The highest BCUT2D eigenvalue weighted by Gasteiger charge is 2.29. The largest absolute Gasteiger partial charge is 0.497 e. The number of rotatable bonds is 7. The molecule has 0 radical (unpaired) electrons. The number of carbonyl (C=O) groups excluding carboxylic acids is 1. The molecule has 2 rings (SSSR count). The highest BCUT2D eigenvalue weighted by Crippen LogP contribution is 2.23. The van der Waals surface area contributed by atoms with Gasteiger partial charge in [0.2, 0.25) is 10.0 Å². The molecule has 1 aromatic carbocycles. The average Bonchev–Trinajstić information content (AvgIpc) is 2.62. The molecule has 0 saturated heterocycles. The van der Waals surface area contributed by atoms with Crippen molar-refractivity contribution in [1.82, 2.24) is 10.4 Å². The zero-order chi connectivity index (χ0) is 19.2. The quantitative estimate of drug-likeness (QED) is 0.581. The SMILES string of the molecule is COc1ccc(N([C@@H](C)C(=O)N/N=C\c2ccccn2)S(C)(=O)=O)cc1. The number of carbonyl (C=O) groups is 1. The molecule has 1 amide bonds. The standard InChI is InChI=1S/C17H20N4O4S/c1-13(17(22)20-19-12-14-6-4-5-11-18-14)21(26(3,23)24)15-7-9-16(25-2)10-8-15/h4-13H,1-3H3,(H,20,22)/b19-12-/t13-/m0/s1. The number of hydrogen-bond donors (Lipinski definition) is 1. The fraction of sp³-hybridized carbons (Fsp3) is 0.235. The van der Waals surface area contributed by atoms with Gasteiger partial charge in [-0.25, -0.2) is 13.8 Å². The van der Waals surface area contributed by atoms with E-state index in [0.29, 0.717) is 17.1 Å². The van der Waals surface area contributed by atoms with Gasteiger partial charge in [0.05, 0.1) is 31.0 Å². The molecule has 0 saturated carbocycles. The van der Waals surface area contributed by atoms with Crippen LogP contribution in [0.3, 0.4) is 0 Å². The number of hydrogen-bond acceptors (Lipinski definition) is 6. The van der Waals surface area contributed by atoms with Crippen LogP contribution in [0.2, 0.25) is 0 Å². The maximum absolute atomic E-state index is 12.3. The van der Waals surface area contributed by atoms with Crippen LogP contribution >= 0.6 is 0 Å². The number of hydrazone groups is 1. The fourth-order valence-electron chi connectivity index (χ4n) is 2.25. The highest BCUT2D eigenvalue weighted by molar-refractivity contribution is 7.92. The number of benzene rings is 1. The van der Waals surface area contributed by atoms with Gasteiger partial charge >= 0.3 is 0 Å². The Labute approximate surface area is 152 Å². The number of sulfonamides is 1. The number of anilines is 1. The second-order valence-electron chi connectivity index (χ2n) is 5.42. The number of amides is 1. The van der Waals surface area contributed by atoms with Crippen molar-refractivity contribution < 1.29 is 17.9 Å². The fourth-order valence-corrected chi connectivity index (χ4v) is 3.42. The first kappa shape index (κ1) is 19.4. The van der Waals surface area contributed by atoms with E-state index in [2.05, 4.69) is 15.5 Å². The molecule has 0 unspecified atom stereocenters. The third kappa shape index (κ3) is 5.03. The van der Waals surface area contributed by atoms with Crippen LogP contribution in [0.15, 0.2) is 53.8 Å². The molecule has 0 fully saturated rings. The lowest BCUT2D eigenvalue weighted by Gasteiger charge is -2.27. The van der Waals surface area contributed by atoms with Crippen LogP contribution < -0.4 is 14.5 Å². The minimum Gasteiger partial charge on any atom is -0.497 e. The number of methoxy groups -OCH3 is 1. The van der Waals surface area contributed by atoms with Gasteiger partial charge in [0.1, 0.15) is 11.8 Å². The zero-order valence-electron chi connectivity index (χ0n) is 14.7. The van der Waals surface area contributed by atoms with E-state index in [-0.39, 0.29) is 0 Å². The molecule has 0 aliphatic heterocycles. The van der Waals surface area contributed by atoms with E-state index in [1.807, 2.05) is 0 Å². The van der Waals surface area contributed by atoms with Crippen LogP contribution in [-0.4, -0.2) is 44.9 Å². The molecule has 1 atom stereocenters. The molecule has 0 aliphatic rings. The van der Waals surface area contributed by atoms with Gasteiger partial charge in [0, 0.05) is 6.20 Å². The van der Waals surface area contributed by atoms with E-state index >= 15 is 0 Å². The lowest BCUT2D eigenvalue weighted by atomic mass is 10.2. The number of nitrogens with zero attached hydrogens (tertiary/aromatic N) is 3. The van der Waals surface area contributed by atoms with Crippen LogP contribution in [0, 0.1) is 0 Å². The molecular formula is C17H20N4O4S. The molecule has 0 bridgehead atoms. The summed E-state index contributed by atoms with van der Waals surface area (Å²) in [5.41, 5.74) is 3.25. The van der Waals surface area contributed by atoms with Crippen molar-refractivity contribution in [1.29, 1.82) is 0 Å². The Morgan fingerprint density at radius 3 is 2.50 bits per heavy atom. The molecule has 26 heavy (non-hydrogen) atoms. The second kappa shape index (κ2) is 8.43. The Kier molecular flexibility index (Phi) is 6.29. The Hall–Kier alpha value is -2.94. The Morgan fingerprint density at radius 1 is 1.27 bits per heavy atom. The highest BCUT2D eigenvalue weighted by atomic mass is 32.2. The van der Waals surface area contributed by atoms with Crippen LogP contribution in [0.25, 0.3) is 0 Å². The van der Waals surface area contributed by atoms with Crippen molar-refractivity contribution in [2.75, 3.05) is 17.7 Å². The smallest absolute Gasteiger partial charge is 0.263 e. The number of pyridine rings is 1. The molecule has 1 heterocycles. The average molecular weight is 376 g/mol. The maximum atomic E-state index is 12.3. The van der Waals surface area contributed by atoms with Crippen LogP contribution in [0.5, 0.6) is 5.75 Å². The summed E-state index contributed by atoms with van der Waals surface area (Å²) in [4.78, 5) is 16.4. The van der Waals surface area contributed by atoms with Gasteiger partial charge in [-0.1, -0.05) is 6.07 Å². The van der Waals surface area contributed by atoms with Gasteiger partial charge in [0.15, 0.2) is 0 Å². The van der Waals surface area contributed by atoms with Crippen molar-refractivity contribution >= 4 is 27.8 Å². The van der Waals surface area contributed by atoms with E-state index in [9.17, 15) is 13.2 Å². The van der Waals surface area contributed by atoms with E-state index < -0.39 is 22.0 Å². The molecule has 0 aliphatic carbocycles. The summed E-state index contributed by atoms with van der Waals surface area (Å²) in [6.45, 7) is 1.48. The van der Waals surface area contributed by atoms with E-state index in [0.717, 1.165) is 10.6 Å². The van der Waals surface area contributed by atoms with Crippen molar-refractivity contribution in [3.63, 3.8) is 0 Å². The summed E-state index contributed by atoms with van der Waals surface area (Å²) in [5, 5.41) is 3.82. The second-order valence-corrected chi connectivity index (χ2v) is 7.28. The summed E-state index contributed by atoms with van der Waals surface area (Å²) >= 11 is 0. The molecule has 8 nitrogen and oxygen atoms in total. The van der Waals surface area contributed by atoms with Gasteiger partial charge < -0.3 is 4.74 Å². The van der Waals surface area contributed by atoms with Crippen molar-refractivity contribution in [2.45, 2.75) is 13.0 Å². The van der Waals surface area contributed by atoms with Crippen LogP contribution in [-0.2, 0) is 14.8 Å². The third-order valence-electron chi connectivity index (χ3n) is 3.47. The topological polar surface area (TPSA) is 101 Å².